The molecule has 0 bridgehead atoms. The van der Waals surface area contributed by atoms with Gasteiger partial charge in [0.1, 0.15) is 5.82 Å². The third kappa shape index (κ3) is 3.30. The van der Waals surface area contributed by atoms with Crippen molar-refractivity contribution in [1.82, 2.24) is 4.98 Å². The number of carbonyl (C=O) groups is 2. The number of pyridine rings is 1. The lowest BCUT2D eigenvalue weighted by molar-refractivity contribution is -0.123. The first-order valence-corrected chi connectivity index (χ1v) is 9.70. The molecule has 0 aliphatic carbocycles. The second-order valence-corrected chi connectivity index (χ2v) is 8.77. The minimum atomic E-state index is -3.81. The van der Waals surface area contributed by atoms with Crippen molar-refractivity contribution in [2.75, 3.05) is 15.4 Å². The first-order valence-electron chi connectivity index (χ1n) is 7.71. The lowest BCUT2D eigenvalue weighted by Crippen LogP contribution is -2.33. The molecule has 136 valence electrons. The molecule has 2 aromatic rings. The van der Waals surface area contributed by atoms with Crippen molar-refractivity contribution in [1.29, 1.82) is 0 Å². The van der Waals surface area contributed by atoms with Crippen molar-refractivity contribution in [3.63, 3.8) is 0 Å². The summed E-state index contributed by atoms with van der Waals surface area (Å²) in [7, 11) is -3.81. The molecule has 1 fully saturated rings. The van der Waals surface area contributed by atoms with E-state index in [4.69, 9.17) is 11.6 Å². The van der Waals surface area contributed by atoms with Gasteiger partial charge in [0, 0.05) is 6.20 Å². The Bertz CT molecular complexity index is 990. The number of nitrogens with zero attached hydrogens (tertiary/aromatic N) is 2. The molecule has 3 rings (SSSR count). The van der Waals surface area contributed by atoms with E-state index in [0.717, 1.165) is 4.31 Å². The van der Waals surface area contributed by atoms with Crippen LogP contribution in [0.15, 0.2) is 42.6 Å². The number of carbonyl (C=O) groups excluding carboxylic acids is 2. The molecule has 1 aromatic heterocycles. The summed E-state index contributed by atoms with van der Waals surface area (Å²) in [5, 5.41) is 2.71. The standard InChI is InChI=1S/C17H16ClN3O4S/c1-17(2)10-26(24,25)21(16(17)23)11-6-7-13(18)12(9-11)15(22)20-14-5-3-4-8-19-14/h3-9H,10H2,1-2H3,(H,19,20,22). The van der Waals surface area contributed by atoms with Crippen molar-refractivity contribution in [2.45, 2.75) is 13.8 Å². The molecule has 0 radical (unpaired) electrons. The summed E-state index contributed by atoms with van der Waals surface area (Å²) in [6, 6.07) is 9.09. The summed E-state index contributed by atoms with van der Waals surface area (Å²) in [5.41, 5.74) is -0.909. The Kier molecular flexibility index (Phi) is 4.49. The summed E-state index contributed by atoms with van der Waals surface area (Å²) in [6.07, 6.45) is 1.52. The lowest BCUT2D eigenvalue weighted by Gasteiger charge is -2.18. The normalized spacial score (nSPS) is 18.0. The van der Waals surface area contributed by atoms with Crippen molar-refractivity contribution < 1.29 is 18.0 Å². The van der Waals surface area contributed by atoms with Crippen LogP contribution in [-0.2, 0) is 14.8 Å². The molecule has 2 amide bonds. The van der Waals surface area contributed by atoms with Gasteiger partial charge in [-0.3, -0.25) is 9.59 Å². The van der Waals surface area contributed by atoms with E-state index in [9.17, 15) is 18.0 Å². The summed E-state index contributed by atoms with van der Waals surface area (Å²) in [6.45, 7) is 3.13. The second-order valence-electron chi connectivity index (χ2n) is 6.54. The molecule has 1 N–H and O–H groups in total. The molecular weight excluding hydrogens is 378 g/mol. The SMILES string of the molecule is CC1(C)CS(=O)(=O)N(c2ccc(Cl)c(C(=O)Nc3ccccn3)c2)C1=O. The summed E-state index contributed by atoms with van der Waals surface area (Å²) >= 11 is 6.09. The van der Waals surface area contributed by atoms with Crippen LogP contribution in [0.1, 0.15) is 24.2 Å². The van der Waals surface area contributed by atoms with Crippen LogP contribution in [-0.4, -0.2) is 31.0 Å². The highest BCUT2D eigenvalue weighted by Crippen LogP contribution is 2.37. The van der Waals surface area contributed by atoms with Crippen LogP contribution in [0.3, 0.4) is 0 Å². The van der Waals surface area contributed by atoms with Crippen LogP contribution >= 0.6 is 11.6 Å². The summed E-state index contributed by atoms with van der Waals surface area (Å²) in [5.74, 6) is -1.07. The Labute approximate surface area is 156 Å². The second kappa shape index (κ2) is 6.37. The number of halogens is 1. The zero-order valence-corrected chi connectivity index (χ0v) is 15.6. The number of rotatable bonds is 3. The van der Waals surface area contributed by atoms with Gasteiger partial charge in [0.2, 0.25) is 15.9 Å². The van der Waals surface area contributed by atoms with E-state index in [1.54, 1.807) is 32.0 Å². The van der Waals surface area contributed by atoms with E-state index in [1.165, 1.54) is 24.4 Å². The molecule has 26 heavy (non-hydrogen) atoms. The lowest BCUT2D eigenvalue weighted by atomic mass is 9.95. The Morgan fingerprint density at radius 2 is 2.00 bits per heavy atom. The first-order chi connectivity index (χ1) is 12.1. The van der Waals surface area contributed by atoms with Gasteiger partial charge in [-0.05, 0) is 44.2 Å². The van der Waals surface area contributed by atoms with Crippen molar-refractivity contribution in [3.8, 4) is 0 Å². The van der Waals surface area contributed by atoms with Crippen LogP contribution in [0.5, 0.6) is 0 Å². The highest BCUT2D eigenvalue weighted by molar-refractivity contribution is 7.94. The van der Waals surface area contributed by atoms with E-state index in [2.05, 4.69) is 10.3 Å². The molecule has 0 spiro atoms. The number of sulfonamides is 1. The van der Waals surface area contributed by atoms with Gasteiger partial charge in [-0.1, -0.05) is 17.7 Å². The number of hydrogen-bond donors (Lipinski definition) is 1. The van der Waals surface area contributed by atoms with E-state index in [0.29, 0.717) is 5.82 Å². The fraction of sp³-hybridized carbons (Fsp3) is 0.235. The van der Waals surface area contributed by atoms with Crippen molar-refractivity contribution in [2.24, 2.45) is 5.41 Å². The molecule has 1 aromatic carbocycles. The smallest absolute Gasteiger partial charge is 0.258 e. The molecule has 9 heteroatoms. The fourth-order valence-electron chi connectivity index (χ4n) is 2.70. The maximum Gasteiger partial charge on any atom is 0.258 e. The van der Waals surface area contributed by atoms with E-state index in [-0.39, 0.29) is 22.0 Å². The Morgan fingerprint density at radius 1 is 1.27 bits per heavy atom. The van der Waals surface area contributed by atoms with Gasteiger partial charge in [-0.2, -0.15) is 0 Å². The number of benzene rings is 1. The van der Waals surface area contributed by atoms with Gasteiger partial charge < -0.3 is 5.32 Å². The van der Waals surface area contributed by atoms with E-state index in [1.807, 2.05) is 0 Å². The number of hydrogen-bond acceptors (Lipinski definition) is 5. The minimum absolute atomic E-state index is 0.0440. The highest BCUT2D eigenvalue weighted by atomic mass is 35.5. The van der Waals surface area contributed by atoms with Crippen LogP contribution < -0.4 is 9.62 Å². The topological polar surface area (TPSA) is 96.4 Å². The third-order valence-electron chi connectivity index (χ3n) is 3.92. The van der Waals surface area contributed by atoms with Crippen molar-refractivity contribution in [3.05, 3.63) is 53.2 Å². The van der Waals surface area contributed by atoms with E-state index >= 15 is 0 Å². The summed E-state index contributed by atoms with van der Waals surface area (Å²) < 4.78 is 25.6. The number of aromatic nitrogens is 1. The van der Waals surface area contributed by atoms with Gasteiger partial charge in [-0.25, -0.2) is 17.7 Å². The zero-order valence-electron chi connectivity index (χ0n) is 14.1. The number of nitrogens with one attached hydrogen (secondary N) is 1. The molecular formula is C17H16ClN3O4S. The van der Waals surface area contributed by atoms with Gasteiger partial charge in [0.15, 0.2) is 0 Å². The molecule has 1 saturated heterocycles. The Balaban J connectivity index is 1.98. The largest absolute Gasteiger partial charge is 0.307 e. The van der Waals surface area contributed by atoms with Gasteiger partial charge in [-0.15, -0.1) is 0 Å². The predicted octanol–water partition coefficient (Wildman–Crippen LogP) is 2.69. The van der Waals surface area contributed by atoms with Crippen LogP contribution in [0.2, 0.25) is 5.02 Å². The van der Waals surface area contributed by atoms with Crippen LogP contribution in [0.4, 0.5) is 11.5 Å². The van der Waals surface area contributed by atoms with Gasteiger partial charge in [0.25, 0.3) is 5.91 Å². The maximum atomic E-state index is 12.5. The van der Waals surface area contributed by atoms with Gasteiger partial charge in [0.05, 0.1) is 27.4 Å². The van der Waals surface area contributed by atoms with E-state index < -0.39 is 27.3 Å². The zero-order chi connectivity index (χ0) is 19.1. The number of anilines is 2. The molecule has 0 saturated carbocycles. The van der Waals surface area contributed by atoms with Gasteiger partial charge >= 0.3 is 0 Å². The maximum absolute atomic E-state index is 12.5. The molecule has 0 atom stereocenters. The first kappa shape index (κ1) is 18.3. The Hall–Kier alpha value is -2.45. The average Bonchev–Trinajstić information content (AvgIpc) is 2.72. The predicted molar refractivity (Wildman–Crippen MR) is 98.7 cm³/mol. The highest BCUT2D eigenvalue weighted by Gasteiger charge is 2.50. The molecule has 7 nitrogen and oxygen atoms in total. The number of amides is 2. The van der Waals surface area contributed by atoms with Crippen molar-refractivity contribution >= 4 is 44.9 Å². The summed E-state index contributed by atoms with van der Waals surface area (Å²) in [4.78, 5) is 29.0. The average molecular weight is 394 g/mol. The minimum Gasteiger partial charge on any atom is -0.307 e. The monoisotopic (exact) mass is 393 g/mol. The Morgan fingerprint density at radius 3 is 2.58 bits per heavy atom. The molecule has 1 aliphatic rings. The molecule has 2 heterocycles. The van der Waals surface area contributed by atoms with Crippen LogP contribution in [0.25, 0.3) is 0 Å². The van der Waals surface area contributed by atoms with Crippen LogP contribution in [0, 0.1) is 5.41 Å². The third-order valence-corrected chi connectivity index (χ3v) is 6.27. The molecule has 1 aliphatic heterocycles. The quantitative estimate of drug-likeness (QED) is 0.864. The fourth-order valence-corrected chi connectivity index (χ4v) is 5.00. The molecule has 0 unspecified atom stereocenters.